The van der Waals surface area contributed by atoms with Crippen molar-refractivity contribution in [3.63, 3.8) is 0 Å². The lowest BCUT2D eigenvalue weighted by Crippen LogP contribution is -2.46. The molecule has 0 aromatic heterocycles. The molecule has 32 heavy (non-hydrogen) atoms. The molecule has 2 N–H and O–H groups in total. The predicted octanol–water partition coefficient (Wildman–Crippen LogP) is 4.32. The minimum atomic E-state index is -3.43. The van der Waals surface area contributed by atoms with Gasteiger partial charge < -0.3 is 15.0 Å². The highest BCUT2D eigenvalue weighted by atomic mass is 32.2. The van der Waals surface area contributed by atoms with E-state index in [9.17, 15) is 13.2 Å². The lowest BCUT2D eigenvalue weighted by molar-refractivity contribution is -0.00527. The van der Waals surface area contributed by atoms with Gasteiger partial charge in [0.05, 0.1) is 17.5 Å². The van der Waals surface area contributed by atoms with Crippen LogP contribution in [0.5, 0.6) is 0 Å². The van der Waals surface area contributed by atoms with E-state index in [2.05, 4.69) is 42.6 Å². The van der Waals surface area contributed by atoms with Gasteiger partial charge in [-0.3, -0.25) is 9.52 Å². The molecule has 7 nitrogen and oxygen atoms in total. The molecule has 2 atom stereocenters. The molecule has 0 bridgehead atoms. The van der Waals surface area contributed by atoms with Crippen LogP contribution in [-0.4, -0.2) is 44.9 Å². The van der Waals surface area contributed by atoms with Crippen LogP contribution < -0.4 is 14.9 Å². The normalized spacial score (nSPS) is 19.2. The van der Waals surface area contributed by atoms with Gasteiger partial charge >= 0.3 is 0 Å². The van der Waals surface area contributed by atoms with Crippen molar-refractivity contribution in [2.45, 2.75) is 59.0 Å². The maximum Gasteiger partial charge on any atom is 0.255 e. The number of nitrogens with one attached hydrogen (secondary N) is 2. The molecule has 0 spiro atoms. The van der Waals surface area contributed by atoms with E-state index in [0.29, 0.717) is 11.3 Å². The first kappa shape index (κ1) is 24.1. The highest BCUT2D eigenvalue weighted by Crippen LogP contribution is 2.31. The van der Waals surface area contributed by atoms with Crippen molar-refractivity contribution >= 4 is 33.0 Å². The highest BCUT2D eigenvalue weighted by molar-refractivity contribution is 7.93. The second kappa shape index (κ2) is 9.50. The van der Waals surface area contributed by atoms with Crippen LogP contribution in [0.1, 0.15) is 49.2 Å². The monoisotopic (exact) mass is 459 g/mol. The average molecular weight is 460 g/mol. The van der Waals surface area contributed by atoms with Crippen LogP contribution in [0.3, 0.4) is 0 Å². The van der Waals surface area contributed by atoms with Gasteiger partial charge in [-0.05, 0) is 89.1 Å². The Labute approximate surface area is 191 Å². The molecular formula is C24H33N3O4S. The number of aryl methyl sites for hydroxylation is 2. The van der Waals surface area contributed by atoms with Crippen molar-refractivity contribution in [2.24, 2.45) is 0 Å². The molecule has 2 aromatic carbocycles. The first-order chi connectivity index (χ1) is 15.0. The van der Waals surface area contributed by atoms with Crippen molar-refractivity contribution in [3.05, 3.63) is 53.1 Å². The average Bonchev–Trinajstić information content (AvgIpc) is 2.66. The Hall–Kier alpha value is -2.58. The Morgan fingerprint density at radius 3 is 2.03 bits per heavy atom. The third-order valence-corrected chi connectivity index (χ3v) is 7.27. The van der Waals surface area contributed by atoms with Gasteiger partial charge in [-0.2, -0.15) is 0 Å². The lowest BCUT2D eigenvalue weighted by atomic mass is 10.0. The molecule has 0 saturated carbocycles. The fourth-order valence-electron chi connectivity index (χ4n) is 4.06. The van der Waals surface area contributed by atoms with E-state index in [1.54, 1.807) is 38.1 Å². The fraction of sp³-hybridized carbons (Fsp3) is 0.458. The summed E-state index contributed by atoms with van der Waals surface area (Å²) in [5.74, 6) is -0.247. The van der Waals surface area contributed by atoms with E-state index < -0.39 is 15.3 Å². The van der Waals surface area contributed by atoms with Crippen molar-refractivity contribution in [1.82, 2.24) is 0 Å². The first-order valence-electron chi connectivity index (χ1n) is 10.9. The maximum absolute atomic E-state index is 12.7. The zero-order valence-corrected chi connectivity index (χ0v) is 20.4. The number of carbonyl (C=O) groups excluding carboxylic acids is 1. The molecule has 8 heteroatoms. The molecule has 174 valence electrons. The zero-order chi connectivity index (χ0) is 23.6. The van der Waals surface area contributed by atoms with Crippen LogP contribution in [0.15, 0.2) is 36.4 Å². The zero-order valence-electron chi connectivity index (χ0n) is 19.6. The molecule has 0 aliphatic carbocycles. The van der Waals surface area contributed by atoms with E-state index >= 15 is 0 Å². The second-order valence-corrected chi connectivity index (χ2v) is 11.1. The number of amides is 1. The summed E-state index contributed by atoms with van der Waals surface area (Å²) in [7, 11) is -3.43. The number of ether oxygens (including phenoxy) is 1. The SMILES string of the molecule is Cc1cc(NC(=O)c2ccc(NS(=O)(=O)C(C)C)cc2)cc(C)c1N1CC(C)OC(C)C1. The van der Waals surface area contributed by atoms with Gasteiger partial charge in [-0.25, -0.2) is 8.42 Å². The maximum atomic E-state index is 12.7. The Morgan fingerprint density at radius 2 is 1.53 bits per heavy atom. The Balaban J connectivity index is 1.73. The van der Waals surface area contributed by atoms with Gasteiger partial charge in [0.15, 0.2) is 0 Å². The van der Waals surface area contributed by atoms with Crippen LogP contribution >= 0.6 is 0 Å². The number of sulfonamides is 1. The first-order valence-corrected chi connectivity index (χ1v) is 12.5. The van der Waals surface area contributed by atoms with Gasteiger partial charge in [0, 0.05) is 35.7 Å². The van der Waals surface area contributed by atoms with Crippen molar-refractivity contribution in [2.75, 3.05) is 28.0 Å². The number of hydrogen-bond donors (Lipinski definition) is 2. The number of carbonyl (C=O) groups is 1. The van der Waals surface area contributed by atoms with Gasteiger partial charge in [-0.1, -0.05) is 0 Å². The van der Waals surface area contributed by atoms with Crippen LogP contribution in [0.2, 0.25) is 0 Å². The summed E-state index contributed by atoms with van der Waals surface area (Å²) < 4.78 is 32.4. The Kier molecular flexibility index (Phi) is 7.15. The number of nitrogens with zero attached hydrogens (tertiary/aromatic N) is 1. The number of rotatable bonds is 6. The van der Waals surface area contributed by atoms with Crippen LogP contribution in [0, 0.1) is 13.8 Å². The summed E-state index contributed by atoms with van der Waals surface area (Å²) in [6.07, 6.45) is 0.342. The van der Waals surface area contributed by atoms with Gasteiger partial charge in [0.2, 0.25) is 10.0 Å². The number of hydrogen-bond acceptors (Lipinski definition) is 5. The number of anilines is 3. The summed E-state index contributed by atoms with van der Waals surface area (Å²) in [6.45, 7) is 13.2. The van der Waals surface area contributed by atoms with Crippen LogP contribution in [0.4, 0.5) is 17.1 Å². The van der Waals surface area contributed by atoms with E-state index in [-0.39, 0.29) is 18.1 Å². The molecule has 1 fully saturated rings. The molecular weight excluding hydrogens is 426 g/mol. The summed E-state index contributed by atoms with van der Waals surface area (Å²) >= 11 is 0. The molecule has 1 aliphatic heterocycles. The fourth-order valence-corrected chi connectivity index (χ4v) is 4.76. The number of morpholine rings is 1. The standard InChI is InChI=1S/C24H33N3O4S/c1-15(2)32(29,30)26-21-9-7-20(8-10-21)24(28)25-22-11-16(3)23(17(4)12-22)27-13-18(5)31-19(6)14-27/h7-12,15,18-19,26H,13-14H2,1-6H3,(H,25,28). The Bertz CT molecular complexity index is 1050. The molecule has 2 unspecified atom stereocenters. The molecule has 1 amide bonds. The molecule has 1 saturated heterocycles. The molecule has 0 radical (unpaired) electrons. The summed E-state index contributed by atoms with van der Waals surface area (Å²) in [6, 6.07) is 10.4. The third-order valence-electron chi connectivity index (χ3n) is 5.51. The largest absolute Gasteiger partial charge is 0.372 e. The van der Waals surface area contributed by atoms with Gasteiger partial charge in [0.25, 0.3) is 5.91 Å². The summed E-state index contributed by atoms with van der Waals surface area (Å²) in [5, 5.41) is 2.41. The van der Waals surface area contributed by atoms with Crippen molar-refractivity contribution < 1.29 is 17.9 Å². The van der Waals surface area contributed by atoms with Crippen molar-refractivity contribution in [3.8, 4) is 0 Å². The third kappa shape index (κ3) is 5.61. The molecule has 3 rings (SSSR count). The molecule has 2 aromatic rings. The van der Waals surface area contributed by atoms with E-state index in [0.717, 1.165) is 29.9 Å². The lowest BCUT2D eigenvalue weighted by Gasteiger charge is -2.38. The highest BCUT2D eigenvalue weighted by Gasteiger charge is 2.25. The summed E-state index contributed by atoms with van der Waals surface area (Å²) in [4.78, 5) is 15.1. The van der Waals surface area contributed by atoms with Gasteiger partial charge in [0.1, 0.15) is 0 Å². The van der Waals surface area contributed by atoms with E-state index in [1.165, 1.54) is 5.69 Å². The topological polar surface area (TPSA) is 87.7 Å². The summed E-state index contributed by atoms with van der Waals surface area (Å²) in [5.41, 5.74) is 4.99. The minimum absolute atomic E-state index is 0.171. The molecule has 1 heterocycles. The quantitative estimate of drug-likeness (QED) is 0.672. The predicted molar refractivity (Wildman–Crippen MR) is 130 cm³/mol. The van der Waals surface area contributed by atoms with Crippen LogP contribution in [-0.2, 0) is 14.8 Å². The second-order valence-electron chi connectivity index (χ2n) is 8.85. The Morgan fingerprint density at radius 1 is 1.00 bits per heavy atom. The van der Waals surface area contributed by atoms with E-state index in [1.807, 2.05) is 12.1 Å². The number of benzene rings is 2. The smallest absolute Gasteiger partial charge is 0.255 e. The van der Waals surface area contributed by atoms with Gasteiger partial charge in [-0.15, -0.1) is 0 Å². The minimum Gasteiger partial charge on any atom is -0.372 e. The molecule has 1 aliphatic rings. The van der Waals surface area contributed by atoms with Crippen LogP contribution in [0.25, 0.3) is 0 Å². The van der Waals surface area contributed by atoms with E-state index in [4.69, 9.17) is 4.74 Å². The van der Waals surface area contributed by atoms with Crippen molar-refractivity contribution in [1.29, 1.82) is 0 Å².